The van der Waals surface area contributed by atoms with E-state index in [-0.39, 0.29) is 0 Å². The number of fused-ring (bicyclic) bond motifs is 3. The lowest BCUT2D eigenvalue weighted by molar-refractivity contribution is 1.17. The maximum absolute atomic E-state index is 5.28. The molecule has 4 nitrogen and oxygen atoms in total. The van der Waals surface area contributed by atoms with Crippen molar-refractivity contribution < 1.29 is 0 Å². The van der Waals surface area contributed by atoms with Crippen LogP contribution in [0.25, 0.3) is 105 Å². The average Bonchev–Trinajstić information content (AvgIpc) is 3.57. The third-order valence-electron chi connectivity index (χ3n) is 10.7. The molecule has 0 bridgehead atoms. The van der Waals surface area contributed by atoms with E-state index in [2.05, 4.69) is 166 Å². The van der Waals surface area contributed by atoms with E-state index in [1.54, 1.807) is 6.20 Å². The summed E-state index contributed by atoms with van der Waals surface area (Å²) in [5, 5.41) is 9.90. The van der Waals surface area contributed by atoms with Gasteiger partial charge in [0.2, 0.25) is 0 Å². The summed E-state index contributed by atoms with van der Waals surface area (Å²) in [6, 6.07) is 56.7. The van der Waals surface area contributed by atoms with Crippen LogP contribution in [0.4, 0.5) is 0 Å². The van der Waals surface area contributed by atoms with Gasteiger partial charge < -0.3 is 4.57 Å². The first-order valence-corrected chi connectivity index (χ1v) is 17.9. The molecule has 11 aromatic rings. The molecule has 0 atom stereocenters. The highest BCUT2D eigenvalue weighted by Crippen LogP contribution is 2.41. The zero-order valence-electron chi connectivity index (χ0n) is 28.6. The van der Waals surface area contributed by atoms with E-state index in [4.69, 9.17) is 4.98 Å². The molecule has 0 aliphatic heterocycles. The van der Waals surface area contributed by atoms with Gasteiger partial charge >= 0.3 is 0 Å². The van der Waals surface area contributed by atoms with Gasteiger partial charge in [-0.25, -0.2) is 4.98 Å². The Morgan fingerprint density at radius 1 is 0.377 bits per heavy atom. The number of benzene rings is 7. The quantitative estimate of drug-likeness (QED) is 0.171. The molecule has 0 unspecified atom stereocenters. The highest BCUT2D eigenvalue weighted by molar-refractivity contribution is 6.25. The Labute approximate surface area is 305 Å². The predicted molar refractivity (Wildman–Crippen MR) is 220 cm³/mol. The van der Waals surface area contributed by atoms with E-state index in [9.17, 15) is 0 Å². The fourth-order valence-electron chi connectivity index (χ4n) is 8.21. The van der Waals surface area contributed by atoms with Gasteiger partial charge in [-0.15, -0.1) is 0 Å². The minimum Gasteiger partial charge on any atom is -0.309 e. The van der Waals surface area contributed by atoms with Gasteiger partial charge in [0.25, 0.3) is 0 Å². The number of rotatable bonds is 5. The largest absolute Gasteiger partial charge is 0.309 e. The molecule has 53 heavy (non-hydrogen) atoms. The standard InChI is InChI=1S/C49H30N4/c1-2-9-39(10-3-1)53-46-22-19-36(26-42(46)43-30-51-25-23-47(43)53)31-11-13-32(14-12-31)38-27-44(37-8-5-24-50-29-37)52-45(28-38)40-20-17-35-16-15-33-6-4-7-34-18-21-41(40)49(35)48(33)34/h1-30H. The van der Waals surface area contributed by atoms with Crippen LogP contribution in [0.15, 0.2) is 183 Å². The van der Waals surface area contributed by atoms with Crippen LogP contribution in [0.5, 0.6) is 0 Å². The lowest BCUT2D eigenvalue weighted by Crippen LogP contribution is -1.93. The smallest absolute Gasteiger partial charge is 0.0731 e. The zero-order chi connectivity index (χ0) is 34.9. The second kappa shape index (κ2) is 11.7. The van der Waals surface area contributed by atoms with Crippen molar-refractivity contribution in [2.45, 2.75) is 0 Å². The fraction of sp³-hybridized carbons (Fsp3) is 0. The van der Waals surface area contributed by atoms with E-state index in [0.29, 0.717) is 0 Å². The Morgan fingerprint density at radius 2 is 1.08 bits per heavy atom. The second-order valence-electron chi connectivity index (χ2n) is 13.7. The molecule has 4 heteroatoms. The van der Waals surface area contributed by atoms with E-state index < -0.39 is 0 Å². The first-order chi connectivity index (χ1) is 26.3. The van der Waals surface area contributed by atoms with Gasteiger partial charge in [0, 0.05) is 52.4 Å². The normalized spacial score (nSPS) is 11.8. The molecule has 0 spiro atoms. The Bertz CT molecular complexity index is 3130. The maximum atomic E-state index is 5.28. The second-order valence-corrected chi connectivity index (χ2v) is 13.7. The number of pyridine rings is 3. The summed E-state index contributed by atoms with van der Waals surface area (Å²) in [7, 11) is 0. The molecule has 246 valence electrons. The number of nitrogens with zero attached hydrogens (tertiary/aromatic N) is 4. The summed E-state index contributed by atoms with van der Waals surface area (Å²) in [4.78, 5) is 14.2. The molecule has 0 radical (unpaired) electrons. The molecule has 0 saturated heterocycles. The molecular formula is C49H30N4. The predicted octanol–water partition coefficient (Wildman–Crippen LogP) is 12.5. The molecule has 0 aliphatic carbocycles. The van der Waals surface area contributed by atoms with Crippen LogP contribution in [0.3, 0.4) is 0 Å². The number of para-hydroxylation sites is 1. The van der Waals surface area contributed by atoms with Crippen molar-refractivity contribution in [1.29, 1.82) is 0 Å². The highest BCUT2D eigenvalue weighted by atomic mass is 15.0. The Morgan fingerprint density at radius 3 is 1.89 bits per heavy atom. The molecule has 7 aromatic carbocycles. The van der Waals surface area contributed by atoms with Crippen LogP contribution < -0.4 is 0 Å². The lowest BCUT2D eigenvalue weighted by atomic mass is 9.90. The zero-order valence-corrected chi connectivity index (χ0v) is 28.6. The summed E-state index contributed by atoms with van der Waals surface area (Å²) in [5.74, 6) is 0. The van der Waals surface area contributed by atoms with E-state index in [0.717, 1.165) is 55.8 Å². The first-order valence-electron chi connectivity index (χ1n) is 17.9. The van der Waals surface area contributed by atoms with Gasteiger partial charge in [0.05, 0.1) is 22.4 Å². The van der Waals surface area contributed by atoms with Crippen molar-refractivity contribution in [2.75, 3.05) is 0 Å². The third kappa shape index (κ3) is 4.73. The topological polar surface area (TPSA) is 43.6 Å². The molecule has 0 amide bonds. The van der Waals surface area contributed by atoms with Crippen molar-refractivity contribution in [3.63, 3.8) is 0 Å². The minimum atomic E-state index is 0.897. The third-order valence-corrected chi connectivity index (χ3v) is 10.7. The van der Waals surface area contributed by atoms with Gasteiger partial charge in [-0.05, 0) is 109 Å². The van der Waals surface area contributed by atoms with Crippen molar-refractivity contribution in [2.24, 2.45) is 0 Å². The molecule has 0 N–H and O–H groups in total. The van der Waals surface area contributed by atoms with Gasteiger partial charge in [0.15, 0.2) is 0 Å². The number of hydrogen-bond acceptors (Lipinski definition) is 3. The minimum absolute atomic E-state index is 0.897. The van der Waals surface area contributed by atoms with E-state index in [1.165, 1.54) is 48.8 Å². The monoisotopic (exact) mass is 674 g/mol. The van der Waals surface area contributed by atoms with Crippen molar-refractivity contribution in [1.82, 2.24) is 19.5 Å². The number of aromatic nitrogens is 4. The summed E-state index contributed by atoms with van der Waals surface area (Å²) in [6.07, 6.45) is 7.55. The summed E-state index contributed by atoms with van der Waals surface area (Å²) >= 11 is 0. The van der Waals surface area contributed by atoms with Gasteiger partial charge in [-0.1, -0.05) is 103 Å². The van der Waals surface area contributed by atoms with E-state index in [1.807, 2.05) is 24.7 Å². The maximum Gasteiger partial charge on any atom is 0.0731 e. The summed E-state index contributed by atoms with van der Waals surface area (Å²) < 4.78 is 2.32. The Kier molecular flexibility index (Phi) is 6.52. The molecule has 0 saturated carbocycles. The average molecular weight is 675 g/mol. The molecule has 0 aliphatic rings. The van der Waals surface area contributed by atoms with Gasteiger partial charge in [0.1, 0.15) is 0 Å². The van der Waals surface area contributed by atoms with Crippen molar-refractivity contribution >= 4 is 54.1 Å². The Balaban J connectivity index is 1.04. The van der Waals surface area contributed by atoms with Crippen LogP contribution >= 0.6 is 0 Å². The lowest BCUT2D eigenvalue weighted by Gasteiger charge is -2.15. The van der Waals surface area contributed by atoms with Crippen LogP contribution in [-0.4, -0.2) is 19.5 Å². The summed E-state index contributed by atoms with van der Waals surface area (Å²) in [6.45, 7) is 0. The SMILES string of the molecule is c1ccc(-n2c3ccncc3c3cc(-c4ccc(-c5cc(-c6cccnc6)nc(-c6ccc7ccc8cccc9ccc6c7c89)c5)cc4)ccc32)cc1. The Hall–Kier alpha value is -7.17. The summed E-state index contributed by atoms with van der Waals surface area (Å²) in [5.41, 5.74) is 12.0. The first kappa shape index (κ1) is 29.5. The van der Waals surface area contributed by atoms with Crippen LogP contribution in [-0.2, 0) is 0 Å². The van der Waals surface area contributed by atoms with Crippen LogP contribution in [0, 0.1) is 0 Å². The molecular weight excluding hydrogens is 645 g/mol. The highest BCUT2D eigenvalue weighted by Gasteiger charge is 2.17. The van der Waals surface area contributed by atoms with Crippen molar-refractivity contribution in [3.8, 4) is 50.5 Å². The van der Waals surface area contributed by atoms with Crippen LogP contribution in [0.2, 0.25) is 0 Å². The molecule has 0 fully saturated rings. The molecule has 4 aromatic heterocycles. The van der Waals surface area contributed by atoms with Crippen LogP contribution in [0.1, 0.15) is 0 Å². The van der Waals surface area contributed by atoms with E-state index >= 15 is 0 Å². The van der Waals surface area contributed by atoms with Gasteiger partial charge in [-0.3, -0.25) is 9.97 Å². The molecule has 4 heterocycles. The fourth-order valence-corrected chi connectivity index (χ4v) is 8.21. The van der Waals surface area contributed by atoms with Crippen molar-refractivity contribution in [3.05, 3.63) is 183 Å². The molecule has 11 rings (SSSR count). The van der Waals surface area contributed by atoms with Gasteiger partial charge in [-0.2, -0.15) is 0 Å². The number of hydrogen-bond donors (Lipinski definition) is 0.